The van der Waals surface area contributed by atoms with Gasteiger partial charge in [0.25, 0.3) is 0 Å². The molecule has 2 aliphatic rings. The van der Waals surface area contributed by atoms with E-state index in [4.69, 9.17) is 5.10 Å². The van der Waals surface area contributed by atoms with Gasteiger partial charge in [-0.2, -0.15) is 5.10 Å². The minimum atomic E-state index is 0.661. The van der Waals surface area contributed by atoms with Crippen LogP contribution in [0, 0.1) is 0 Å². The summed E-state index contributed by atoms with van der Waals surface area (Å²) >= 11 is 0. The monoisotopic (exact) mass is 276 g/mol. The molecule has 0 bridgehead atoms. The highest BCUT2D eigenvalue weighted by Crippen LogP contribution is 2.28. The molecule has 0 aromatic carbocycles. The Hall–Kier alpha value is -0.870. The maximum atomic E-state index is 4.74. The van der Waals surface area contributed by atoms with Gasteiger partial charge in [-0.05, 0) is 44.8 Å². The maximum Gasteiger partial charge on any atom is 0.0762 e. The lowest BCUT2D eigenvalue weighted by molar-refractivity contribution is 0.259. The van der Waals surface area contributed by atoms with Gasteiger partial charge in [-0.15, -0.1) is 0 Å². The van der Waals surface area contributed by atoms with Crippen molar-refractivity contribution in [2.24, 2.45) is 0 Å². The molecule has 4 heteroatoms. The maximum absolute atomic E-state index is 4.74. The Kier molecular flexibility index (Phi) is 4.73. The van der Waals surface area contributed by atoms with Crippen molar-refractivity contribution in [1.29, 1.82) is 0 Å². The second kappa shape index (κ2) is 6.72. The zero-order valence-electron chi connectivity index (χ0n) is 12.7. The molecule has 2 heterocycles. The number of rotatable bonds is 6. The van der Waals surface area contributed by atoms with Crippen LogP contribution in [-0.4, -0.2) is 40.4 Å². The Balaban J connectivity index is 1.44. The second-order valence-corrected chi connectivity index (χ2v) is 6.28. The SMILES string of the molecule is CCN1CCCC1CNCc1ccn(C2CCCC2)n1. The molecule has 112 valence electrons. The van der Waals surface area contributed by atoms with Crippen molar-refractivity contribution < 1.29 is 0 Å². The van der Waals surface area contributed by atoms with Crippen LogP contribution in [0.5, 0.6) is 0 Å². The zero-order valence-corrected chi connectivity index (χ0v) is 12.7. The average molecular weight is 276 g/mol. The van der Waals surface area contributed by atoms with E-state index in [2.05, 4.69) is 34.1 Å². The van der Waals surface area contributed by atoms with Crippen LogP contribution in [-0.2, 0) is 6.54 Å². The van der Waals surface area contributed by atoms with Gasteiger partial charge in [0.15, 0.2) is 0 Å². The summed E-state index contributed by atoms with van der Waals surface area (Å²) in [7, 11) is 0. The fourth-order valence-corrected chi connectivity index (χ4v) is 3.75. The molecule has 0 spiro atoms. The van der Waals surface area contributed by atoms with Crippen molar-refractivity contribution in [3.05, 3.63) is 18.0 Å². The molecule has 1 aliphatic heterocycles. The van der Waals surface area contributed by atoms with Crippen molar-refractivity contribution in [3.63, 3.8) is 0 Å². The van der Waals surface area contributed by atoms with Crippen LogP contribution in [0.1, 0.15) is 57.2 Å². The summed E-state index contributed by atoms with van der Waals surface area (Å²) in [5.41, 5.74) is 1.19. The number of nitrogens with zero attached hydrogens (tertiary/aromatic N) is 3. The molecular weight excluding hydrogens is 248 g/mol. The fraction of sp³-hybridized carbons (Fsp3) is 0.812. The number of likely N-dealkylation sites (tertiary alicyclic amines) is 1. The van der Waals surface area contributed by atoms with E-state index in [1.165, 1.54) is 57.3 Å². The number of likely N-dealkylation sites (N-methyl/N-ethyl adjacent to an activating group) is 1. The predicted molar refractivity (Wildman–Crippen MR) is 81.7 cm³/mol. The highest BCUT2D eigenvalue weighted by Gasteiger charge is 2.22. The highest BCUT2D eigenvalue weighted by molar-refractivity contribution is 5.00. The lowest BCUT2D eigenvalue weighted by Gasteiger charge is -2.22. The van der Waals surface area contributed by atoms with Crippen LogP contribution in [0.25, 0.3) is 0 Å². The Bertz CT molecular complexity index is 408. The normalized spacial score (nSPS) is 24.8. The van der Waals surface area contributed by atoms with E-state index in [0.29, 0.717) is 6.04 Å². The van der Waals surface area contributed by atoms with E-state index < -0.39 is 0 Å². The molecule has 1 aliphatic carbocycles. The van der Waals surface area contributed by atoms with Gasteiger partial charge in [0.2, 0.25) is 0 Å². The summed E-state index contributed by atoms with van der Waals surface area (Å²) in [5.74, 6) is 0. The molecule has 1 saturated carbocycles. The lowest BCUT2D eigenvalue weighted by Crippen LogP contribution is -2.37. The molecular formula is C16H28N4. The quantitative estimate of drug-likeness (QED) is 0.867. The minimum absolute atomic E-state index is 0.661. The molecule has 0 radical (unpaired) electrons. The van der Waals surface area contributed by atoms with Gasteiger partial charge < -0.3 is 5.32 Å². The molecule has 1 unspecified atom stereocenters. The van der Waals surface area contributed by atoms with E-state index in [9.17, 15) is 0 Å². The van der Waals surface area contributed by atoms with E-state index in [1.54, 1.807) is 0 Å². The number of hydrogen-bond donors (Lipinski definition) is 1. The van der Waals surface area contributed by atoms with Gasteiger partial charge in [0.1, 0.15) is 0 Å². The number of aromatic nitrogens is 2. The largest absolute Gasteiger partial charge is 0.310 e. The molecule has 1 aromatic heterocycles. The van der Waals surface area contributed by atoms with Crippen molar-refractivity contribution in [1.82, 2.24) is 20.0 Å². The minimum Gasteiger partial charge on any atom is -0.310 e. The molecule has 4 nitrogen and oxygen atoms in total. The molecule has 1 saturated heterocycles. The summed E-state index contributed by atoms with van der Waals surface area (Å²) < 4.78 is 2.19. The van der Waals surface area contributed by atoms with Crippen LogP contribution in [0.2, 0.25) is 0 Å². The van der Waals surface area contributed by atoms with Crippen molar-refractivity contribution in [2.75, 3.05) is 19.6 Å². The van der Waals surface area contributed by atoms with Crippen molar-refractivity contribution >= 4 is 0 Å². The van der Waals surface area contributed by atoms with Gasteiger partial charge in [0, 0.05) is 25.3 Å². The lowest BCUT2D eigenvalue weighted by atomic mass is 10.2. The van der Waals surface area contributed by atoms with Crippen LogP contribution >= 0.6 is 0 Å². The first-order chi connectivity index (χ1) is 9.86. The van der Waals surface area contributed by atoms with E-state index in [0.717, 1.165) is 19.1 Å². The summed E-state index contributed by atoms with van der Waals surface area (Å²) in [6.07, 6.45) is 10.2. The topological polar surface area (TPSA) is 33.1 Å². The summed E-state index contributed by atoms with van der Waals surface area (Å²) in [4.78, 5) is 2.59. The van der Waals surface area contributed by atoms with Crippen LogP contribution in [0.15, 0.2) is 12.3 Å². The number of hydrogen-bond acceptors (Lipinski definition) is 3. The van der Waals surface area contributed by atoms with E-state index in [1.807, 2.05) is 0 Å². The van der Waals surface area contributed by atoms with Gasteiger partial charge in [-0.1, -0.05) is 19.8 Å². The first kappa shape index (κ1) is 14.1. The average Bonchev–Trinajstić information content (AvgIpc) is 3.20. The zero-order chi connectivity index (χ0) is 13.8. The van der Waals surface area contributed by atoms with E-state index >= 15 is 0 Å². The first-order valence-electron chi connectivity index (χ1n) is 8.35. The number of nitrogens with one attached hydrogen (secondary N) is 1. The van der Waals surface area contributed by atoms with Crippen LogP contribution < -0.4 is 5.32 Å². The molecule has 2 fully saturated rings. The summed E-state index contributed by atoms with van der Waals surface area (Å²) in [6, 6.07) is 3.57. The smallest absolute Gasteiger partial charge is 0.0762 e. The first-order valence-corrected chi connectivity index (χ1v) is 8.35. The summed E-state index contributed by atoms with van der Waals surface area (Å²) in [5, 5.41) is 8.33. The summed E-state index contributed by atoms with van der Waals surface area (Å²) in [6.45, 7) is 6.74. The van der Waals surface area contributed by atoms with Crippen LogP contribution in [0.3, 0.4) is 0 Å². The third-order valence-corrected chi connectivity index (χ3v) is 4.95. The van der Waals surface area contributed by atoms with Gasteiger partial charge in [0.05, 0.1) is 11.7 Å². The Morgan fingerprint density at radius 1 is 1.25 bits per heavy atom. The third-order valence-electron chi connectivity index (χ3n) is 4.95. The Morgan fingerprint density at radius 2 is 2.10 bits per heavy atom. The molecule has 3 rings (SSSR count). The van der Waals surface area contributed by atoms with Gasteiger partial charge in [-0.3, -0.25) is 9.58 Å². The predicted octanol–water partition coefficient (Wildman–Crippen LogP) is 2.57. The third kappa shape index (κ3) is 3.23. The van der Waals surface area contributed by atoms with Gasteiger partial charge in [-0.25, -0.2) is 0 Å². The Morgan fingerprint density at radius 3 is 2.90 bits per heavy atom. The molecule has 0 amide bonds. The highest BCUT2D eigenvalue weighted by atomic mass is 15.3. The van der Waals surface area contributed by atoms with Crippen LogP contribution in [0.4, 0.5) is 0 Å². The fourth-order valence-electron chi connectivity index (χ4n) is 3.75. The van der Waals surface area contributed by atoms with Crippen molar-refractivity contribution in [2.45, 2.75) is 64.1 Å². The second-order valence-electron chi connectivity index (χ2n) is 6.28. The Labute approximate surface area is 122 Å². The van der Waals surface area contributed by atoms with Gasteiger partial charge >= 0.3 is 0 Å². The molecule has 1 aromatic rings. The standard InChI is InChI=1S/C16H28N4/c1-2-19-10-5-8-16(19)13-17-12-14-9-11-20(18-14)15-6-3-4-7-15/h9,11,15-17H,2-8,10,12-13H2,1H3. The molecule has 1 atom stereocenters. The molecule has 1 N–H and O–H groups in total. The van der Waals surface area contributed by atoms with E-state index in [-0.39, 0.29) is 0 Å². The molecule has 20 heavy (non-hydrogen) atoms. The van der Waals surface area contributed by atoms with Crippen molar-refractivity contribution in [3.8, 4) is 0 Å².